The normalized spacial score (nSPS) is 11.3. The number of aromatic nitrogens is 3. The molecule has 0 atom stereocenters. The molecule has 152 valence electrons. The van der Waals surface area contributed by atoms with E-state index in [9.17, 15) is 10.0 Å². The van der Waals surface area contributed by atoms with Gasteiger partial charge in [-0.3, -0.25) is 0 Å². The van der Waals surface area contributed by atoms with Crippen molar-refractivity contribution in [3.8, 4) is 5.75 Å². The number of hydrogen-bond acceptors (Lipinski definition) is 4. The number of benzene rings is 2. The number of hydrogen-bond donors (Lipinski definition) is 0. The molecule has 3 rings (SSSR count). The zero-order chi connectivity index (χ0) is 20.5. The maximum absolute atomic E-state index is 12.4. The van der Waals surface area contributed by atoms with Crippen LogP contribution in [0.1, 0.15) is 55.8 Å². The van der Waals surface area contributed by atoms with E-state index >= 15 is 0 Å². The second-order valence-corrected chi connectivity index (χ2v) is 7.02. The molecule has 0 aliphatic rings. The third-order valence-electron chi connectivity index (χ3n) is 4.76. The topological polar surface area (TPSA) is 71.1 Å². The monoisotopic (exact) mass is 393 g/mol. The second-order valence-electron chi connectivity index (χ2n) is 7.02. The molecule has 0 amide bonds. The van der Waals surface area contributed by atoms with Crippen LogP contribution in [-0.4, -0.2) is 22.4 Å². The van der Waals surface area contributed by atoms with Crippen LogP contribution < -0.4 is 9.58 Å². The molecular weight excluding hydrogens is 366 g/mol. The smallest absolute Gasteiger partial charge is 0.359 e. The minimum Gasteiger partial charge on any atom is -0.691 e. The number of carbonyl (C=O) groups excluding carboxylic acids is 1. The summed E-state index contributed by atoms with van der Waals surface area (Å²) in [4.78, 5) is 12.9. The molecule has 0 N–H and O–H groups in total. The van der Waals surface area contributed by atoms with Crippen molar-refractivity contribution in [1.82, 2.24) is 9.90 Å². The minimum absolute atomic E-state index is 0.362. The lowest BCUT2D eigenvalue weighted by Gasteiger charge is -2.06. The van der Waals surface area contributed by atoms with E-state index < -0.39 is 0 Å². The molecule has 0 saturated heterocycles. The Morgan fingerprint density at radius 1 is 1.07 bits per heavy atom. The lowest BCUT2D eigenvalue weighted by molar-refractivity contribution is -0.645. The lowest BCUT2D eigenvalue weighted by atomic mass is 10.1. The van der Waals surface area contributed by atoms with Crippen LogP contribution in [0.3, 0.4) is 0 Å². The Hall–Kier alpha value is -3.15. The summed E-state index contributed by atoms with van der Waals surface area (Å²) in [6.07, 6.45) is 10.5. The summed E-state index contributed by atoms with van der Waals surface area (Å²) < 4.78 is 6.88. The molecule has 1 aromatic heterocycles. The quantitative estimate of drug-likeness (QED) is 0.215. The van der Waals surface area contributed by atoms with E-state index in [0.29, 0.717) is 15.9 Å². The Balaban J connectivity index is 1.51. The summed E-state index contributed by atoms with van der Waals surface area (Å²) in [5.41, 5.74) is 1.72. The molecule has 6 heteroatoms. The Labute approximate surface area is 171 Å². The number of nitrogens with zero attached hydrogens (tertiary/aromatic N) is 3. The minimum atomic E-state index is -0.376. The molecule has 0 spiro atoms. The van der Waals surface area contributed by atoms with Crippen LogP contribution in [0.15, 0.2) is 54.6 Å². The Morgan fingerprint density at radius 3 is 2.59 bits per heavy atom. The van der Waals surface area contributed by atoms with Gasteiger partial charge in [0.1, 0.15) is 11.0 Å². The van der Waals surface area contributed by atoms with E-state index in [2.05, 4.69) is 12.1 Å². The lowest BCUT2D eigenvalue weighted by Crippen LogP contribution is -2.30. The number of carbonyl (C=O) groups is 1. The summed E-state index contributed by atoms with van der Waals surface area (Å²) in [6.45, 7) is 2.94. The predicted octanol–water partition coefficient (Wildman–Crippen LogP) is 4.76. The molecule has 3 aromatic rings. The molecule has 0 aliphatic heterocycles. The van der Waals surface area contributed by atoms with Crippen LogP contribution in [0.5, 0.6) is 5.75 Å². The van der Waals surface area contributed by atoms with Gasteiger partial charge in [-0.1, -0.05) is 68.0 Å². The van der Waals surface area contributed by atoms with Gasteiger partial charge in [-0.2, -0.15) is 0 Å². The second kappa shape index (κ2) is 10.4. The summed E-state index contributed by atoms with van der Waals surface area (Å²) in [5.74, 6) is 0.451. The van der Waals surface area contributed by atoms with Gasteiger partial charge in [-0.25, -0.2) is 4.79 Å². The number of fused-ring (bicyclic) bond motifs is 1. The van der Waals surface area contributed by atoms with Crippen molar-refractivity contribution in [3.05, 3.63) is 65.4 Å². The van der Waals surface area contributed by atoms with Crippen LogP contribution in [0.2, 0.25) is 0 Å². The number of para-hydroxylation sites is 2. The summed E-state index contributed by atoms with van der Waals surface area (Å²) in [6, 6.07) is 14.4. The zero-order valence-electron chi connectivity index (χ0n) is 16.8. The van der Waals surface area contributed by atoms with Gasteiger partial charge in [0.15, 0.2) is 0 Å². The predicted molar refractivity (Wildman–Crippen MR) is 114 cm³/mol. The van der Waals surface area contributed by atoms with Gasteiger partial charge in [0, 0.05) is 6.08 Å². The molecule has 0 radical (unpaired) electrons. The number of ether oxygens (including phenoxy) is 1. The standard InChI is InChI=1S/C23H27N3O3/c1-2-3-4-5-6-9-18-29-20-15-12-19(13-16-20)14-17-23(27)25-21-10-7-8-11-22(21)26(28)24-25/h7-8,10-17H,2-6,9,18H2,1H3/b17-14+. The van der Waals surface area contributed by atoms with Crippen molar-refractivity contribution in [2.24, 2.45) is 0 Å². The van der Waals surface area contributed by atoms with Crippen molar-refractivity contribution in [2.45, 2.75) is 45.4 Å². The zero-order valence-corrected chi connectivity index (χ0v) is 16.8. The third kappa shape index (κ3) is 5.67. The summed E-state index contributed by atoms with van der Waals surface area (Å²) >= 11 is 0. The van der Waals surface area contributed by atoms with E-state index in [4.69, 9.17) is 4.74 Å². The molecule has 1 heterocycles. The Kier molecular flexibility index (Phi) is 7.39. The molecule has 0 fully saturated rings. The highest BCUT2D eigenvalue weighted by Gasteiger charge is 2.18. The fourth-order valence-corrected chi connectivity index (χ4v) is 3.13. The fourth-order valence-electron chi connectivity index (χ4n) is 3.13. The van der Waals surface area contributed by atoms with Crippen LogP contribution >= 0.6 is 0 Å². The highest BCUT2D eigenvalue weighted by atomic mass is 16.5. The van der Waals surface area contributed by atoms with Gasteiger partial charge in [-0.15, -0.1) is 4.85 Å². The van der Waals surface area contributed by atoms with Gasteiger partial charge in [0.25, 0.3) is 0 Å². The highest BCUT2D eigenvalue weighted by molar-refractivity contribution is 5.97. The number of allylic oxidation sites excluding steroid dienone is 1. The first-order valence-corrected chi connectivity index (χ1v) is 10.2. The van der Waals surface area contributed by atoms with Crippen molar-refractivity contribution in [3.63, 3.8) is 0 Å². The van der Waals surface area contributed by atoms with Crippen molar-refractivity contribution in [2.75, 3.05) is 6.61 Å². The molecule has 0 saturated carbocycles. The molecule has 0 bridgehead atoms. The summed E-state index contributed by atoms with van der Waals surface area (Å²) in [5, 5.41) is 15.5. The van der Waals surface area contributed by atoms with Gasteiger partial charge >= 0.3 is 5.91 Å². The highest BCUT2D eigenvalue weighted by Crippen LogP contribution is 2.15. The molecular formula is C23H27N3O3. The number of unbranched alkanes of at least 4 members (excludes halogenated alkanes) is 5. The van der Waals surface area contributed by atoms with Crippen LogP contribution in [0.4, 0.5) is 0 Å². The van der Waals surface area contributed by atoms with Gasteiger partial charge in [0.05, 0.1) is 6.61 Å². The molecule has 0 aliphatic carbocycles. The fraction of sp³-hybridized carbons (Fsp3) is 0.348. The van der Waals surface area contributed by atoms with Crippen molar-refractivity contribution < 1.29 is 14.4 Å². The van der Waals surface area contributed by atoms with Crippen LogP contribution in [0.25, 0.3) is 17.1 Å². The average molecular weight is 393 g/mol. The van der Waals surface area contributed by atoms with Crippen molar-refractivity contribution >= 4 is 23.0 Å². The molecule has 6 nitrogen and oxygen atoms in total. The molecule has 2 aromatic carbocycles. The first-order valence-electron chi connectivity index (χ1n) is 10.2. The van der Waals surface area contributed by atoms with Gasteiger partial charge < -0.3 is 9.94 Å². The molecule has 0 unspecified atom stereocenters. The SMILES string of the molecule is CCCCCCCCOc1ccc(/C=C/C(=O)n2n[n+]([O-])c3ccccc32)cc1. The van der Waals surface area contributed by atoms with Crippen LogP contribution in [0, 0.1) is 5.21 Å². The summed E-state index contributed by atoms with van der Waals surface area (Å²) in [7, 11) is 0. The van der Waals surface area contributed by atoms with E-state index in [1.54, 1.807) is 30.3 Å². The largest absolute Gasteiger partial charge is 0.691 e. The van der Waals surface area contributed by atoms with E-state index in [1.165, 1.54) is 38.2 Å². The maximum atomic E-state index is 12.4. The maximum Gasteiger partial charge on any atom is 0.359 e. The first-order chi connectivity index (χ1) is 14.2. The van der Waals surface area contributed by atoms with Crippen molar-refractivity contribution in [1.29, 1.82) is 0 Å². The van der Waals surface area contributed by atoms with Gasteiger partial charge in [-0.05, 0) is 42.3 Å². The molecule has 29 heavy (non-hydrogen) atoms. The third-order valence-corrected chi connectivity index (χ3v) is 4.76. The van der Waals surface area contributed by atoms with E-state index in [1.807, 2.05) is 24.3 Å². The van der Waals surface area contributed by atoms with E-state index in [0.717, 1.165) is 29.0 Å². The first kappa shape index (κ1) is 20.6. The Bertz CT molecular complexity index is 961. The Morgan fingerprint density at radius 2 is 1.79 bits per heavy atom. The van der Waals surface area contributed by atoms with E-state index in [-0.39, 0.29) is 5.91 Å². The average Bonchev–Trinajstić information content (AvgIpc) is 3.09. The van der Waals surface area contributed by atoms with Gasteiger partial charge in [0.2, 0.25) is 11.0 Å². The number of rotatable bonds is 10. The van der Waals surface area contributed by atoms with Crippen LogP contribution in [-0.2, 0) is 0 Å².